The summed E-state index contributed by atoms with van der Waals surface area (Å²) in [4.78, 5) is 15.8. The van der Waals surface area contributed by atoms with E-state index in [1.165, 1.54) is 37.9 Å². The number of nitrogens with zero attached hydrogens (tertiary/aromatic N) is 2. The smallest absolute Gasteiger partial charge is 0.248 e. The molecule has 0 aromatic heterocycles. The number of hydrogen-bond donors (Lipinski definition) is 1. The van der Waals surface area contributed by atoms with Crippen LogP contribution in [0.5, 0.6) is 5.75 Å². The fourth-order valence-electron chi connectivity index (χ4n) is 3.42. The Bertz CT molecular complexity index is 646. The molecule has 1 aromatic carbocycles. The number of hydrogen-bond acceptors (Lipinski definition) is 4. The Morgan fingerprint density at radius 3 is 2.54 bits per heavy atom. The van der Waals surface area contributed by atoms with Gasteiger partial charge in [-0.05, 0) is 56.1 Å². The fraction of sp³-hybridized carbons (Fsp3) is 0.476. The van der Waals surface area contributed by atoms with Crippen LogP contribution in [0, 0.1) is 0 Å². The molecular formula is C21H29N3O2. The van der Waals surface area contributed by atoms with Crippen molar-refractivity contribution in [1.82, 2.24) is 9.80 Å². The van der Waals surface area contributed by atoms with E-state index in [1.54, 1.807) is 6.08 Å². The zero-order chi connectivity index (χ0) is 18.2. The van der Waals surface area contributed by atoms with E-state index < -0.39 is 0 Å². The highest BCUT2D eigenvalue weighted by Crippen LogP contribution is 2.16. The van der Waals surface area contributed by atoms with Gasteiger partial charge in [0.1, 0.15) is 5.75 Å². The van der Waals surface area contributed by atoms with Gasteiger partial charge in [0.15, 0.2) is 0 Å². The predicted molar refractivity (Wildman–Crippen MR) is 104 cm³/mol. The van der Waals surface area contributed by atoms with E-state index in [0.29, 0.717) is 12.1 Å². The molecule has 1 fully saturated rings. The van der Waals surface area contributed by atoms with Crippen molar-refractivity contribution in [2.24, 2.45) is 5.73 Å². The average molecular weight is 355 g/mol. The van der Waals surface area contributed by atoms with Crippen LogP contribution in [-0.2, 0) is 11.3 Å². The first-order valence-corrected chi connectivity index (χ1v) is 9.57. The number of primary amides is 1. The zero-order valence-electron chi connectivity index (χ0n) is 15.4. The quantitative estimate of drug-likeness (QED) is 0.729. The highest BCUT2D eigenvalue weighted by molar-refractivity contribution is 5.94. The molecule has 0 bridgehead atoms. The third kappa shape index (κ3) is 5.63. The molecule has 0 aliphatic carbocycles. The lowest BCUT2D eigenvalue weighted by Gasteiger charge is -2.26. The second kappa shape index (κ2) is 9.43. The number of benzene rings is 1. The number of amides is 1. The SMILES string of the molecule is NC(=O)C1=CCN(Cc2ccc(OCCCN3CCCCC3)cc2)C=C1. The Kier molecular flexibility index (Phi) is 6.72. The molecule has 0 atom stereocenters. The summed E-state index contributed by atoms with van der Waals surface area (Å²) in [5.41, 5.74) is 7.07. The Morgan fingerprint density at radius 1 is 1.12 bits per heavy atom. The molecule has 2 aliphatic rings. The monoisotopic (exact) mass is 355 g/mol. The summed E-state index contributed by atoms with van der Waals surface area (Å²) in [6.07, 6.45) is 10.7. The first-order chi connectivity index (χ1) is 12.7. The van der Waals surface area contributed by atoms with Crippen molar-refractivity contribution >= 4 is 5.91 Å². The van der Waals surface area contributed by atoms with Crippen LogP contribution >= 0.6 is 0 Å². The van der Waals surface area contributed by atoms with Crippen molar-refractivity contribution in [3.63, 3.8) is 0 Å². The maximum Gasteiger partial charge on any atom is 0.248 e. The Hall–Kier alpha value is -2.27. The van der Waals surface area contributed by atoms with Gasteiger partial charge in [0.25, 0.3) is 0 Å². The molecule has 0 saturated carbocycles. The van der Waals surface area contributed by atoms with E-state index in [4.69, 9.17) is 10.5 Å². The molecule has 0 unspecified atom stereocenters. The van der Waals surface area contributed by atoms with Crippen molar-refractivity contribution in [2.45, 2.75) is 32.2 Å². The summed E-state index contributed by atoms with van der Waals surface area (Å²) in [5.74, 6) is 0.556. The van der Waals surface area contributed by atoms with E-state index in [9.17, 15) is 4.79 Å². The molecule has 0 spiro atoms. The molecule has 2 aliphatic heterocycles. The third-order valence-electron chi connectivity index (χ3n) is 4.94. The number of rotatable bonds is 8. The minimum atomic E-state index is -0.373. The number of carbonyl (C=O) groups excluding carboxylic acids is 1. The van der Waals surface area contributed by atoms with Gasteiger partial charge in [-0.25, -0.2) is 0 Å². The molecule has 1 amide bonds. The molecule has 2 heterocycles. The summed E-state index contributed by atoms with van der Waals surface area (Å²) >= 11 is 0. The molecule has 26 heavy (non-hydrogen) atoms. The van der Waals surface area contributed by atoms with Crippen molar-refractivity contribution in [2.75, 3.05) is 32.8 Å². The zero-order valence-corrected chi connectivity index (χ0v) is 15.4. The molecule has 5 nitrogen and oxygen atoms in total. The fourth-order valence-corrected chi connectivity index (χ4v) is 3.42. The maximum absolute atomic E-state index is 11.1. The number of nitrogens with two attached hydrogens (primary N) is 1. The van der Waals surface area contributed by atoms with Gasteiger partial charge in [0, 0.05) is 31.4 Å². The van der Waals surface area contributed by atoms with Gasteiger partial charge in [-0.15, -0.1) is 0 Å². The van der Waals surface area contributed by atoms with Crippen molar-refractivity contribution < 1.29 is 9.53 Å². The summed E-state index contributed by atoms with van der Waals surface area (Å²) in [7, 11) is 0. The van der Waals surface area contributed by atoms with Gasteiger partial charge in [0.2, 0.25) is 5.91 Å². The molecule has 1 aromatic rings. The van der Waals surface area contributed by atoms with Gasteiger partial charge >= 0.3 is 0 Å². The van der Waals surface area contributed by atoms with Crippen LogP contribution in [0.4, 0.5) is 0 Å². The predicted octanol–water partition coefficient (Wildman–Crippen LogP) is 2.68. The van der Waals surface area contributed by atoms with Gasteiger partial charge in [-0.1, -0.05) is 24.6 Å². The number of likely N-dealkylation sites (tertiary alicyclic amines) is 1. The standard InChI is InChI=1S/C21H29N3O2/c22-21(25)19-9-14-24(15-10-19)17-18-5-7-20(8-6-18)26-16-4-13-23-11-2-1-3-12-23/h5-10,14H,1-4,11-13,15-17H2,(H2,22,25). The first kappa shape index (κ1) is 18.5. The second-order valence-corrected chi connectivity index (χ2v) is 7.02. The molecule has 3 rings (SSSR count). The van der Waals surface area contributed by atoms with E-state index in [2.05, 4.69) is 21.9 Å². The summed E-state index contributed by atoms with van der Waals surface area (Å²) in [6.45, 7) is 5.90. The van der Waals surface area contributed by atoms with Gasteiger partial charge in [0.05, 0.1) is 6.61 Å². The largest absolute Gasteiger partial charge is 0.494 e. The van der Waals surface area contributed by atoms with E-state index in [-0.39, 0.29) is 5.91 Å². The molecule has 0 radical (unpaired) electrons. The third-order valence-corrected chi connectivity index (χ3v) is 4.94. The molecular weight excluding hydrogens is 326 g/mol. The van der Waals surface area contributed by atoms with E-state index in [1.807, 2.05) is 24.4 Å². The second-order valence-electron chi connectivity index (χ2n) is 7.02. The summed E-state index contributed by atoms with van der Waals surface area (Å²) in [6, 6.07) is 8.27. The lowest BCUT2D eigenvalue weighted by Crippen LogP contribution is -2.31. The minimum Gasteiger partial charge on any atom is -0.494 e. The van der Waals surface area contributed by atoms with Crippen molar-refractivity contribution in [3.05, 3.63) is 53.8 Å². The summed E-state index contributed by atoms with van der Waals surface area (Å²) < 4.78 is 5.87. The Balaban J connectivity index is 1.37. The van der Waals surface area contributed by atoms with Gasteiger partial charge < -0.3 is 20.3 Å². The lowest BCUT2D eigenvalue weighted by atomic mass is 10.1. The molecule has 140 valence electrons. The van der Waals surface area contributed by atoms with E-state index >= 15 is 0 Å². The normalized spacial score (nSPS) is 17.8. The topological polar surface area (TPSA) is 58.8 Å². The van der Waals surface area contributed by atoms with Gasteiger partial charge in [-0.3, -0.25) is 4.79 Å². The highest BCUT2D eigenvalue weighted by atomic mass is 16.5. The Morgan fingerprint density at radius 2 is 1.88 bits per heavy atom. The average Bonchev–Trinajstić information content (AvgIpc) is 2.68. The van der Waals surface area contributed by atoms with Crippen molar-refractivity contribution in [1.29, 1.82) is 0 Å². The lowest BCUT2D eigenvalue weighted by molar-refractivity contribution is -0.114. The number of ether oxygens (including phenoxy) is 1. The highest BCUT2D eigenvalue weighted by Gasteiger charge is 2.10. The number of carbonyl (C=O) groups is 1. The summed E-state index contributed by atoms with van der Waals surface area (Å²) in [5, 5.41) is 0. The van der Waals surface area contributed by atoms with Crippen LogP contribution < -0.4 is 10.5 Å². The first-order valence-electron chi connectivity index (χ1n) is 9.57. The van der Waals surface area contributed by atoms with Crippen LogP contribution in [0.25, 0.3) is 0 Å². The van der Waals surface area contributed by atoms with Crippen LogP contribution in [0.1, 0.15) is 31.2 Å². The van der Waals surface area contributed by atoms with Gasteiger partial charge in [-0.2, -0.15) is 0 Å². The van der Waals surface area contributed by atoms with Crippen LogP contribution in [0.2, 0.25) is 0 Å². The Labute approximate surface area is 156 Å². The maximum atomic E-state index is 11.1. The molecule has 1 saturated heterocycles. The molecule has 2 N–H and O–H groups in total. The van der Waals surface area contributed by atoms with Crippen LogP contribution in [-0.4, -0.2) is 48.5 Å². The minimum absolute atomic E-state index is 0.373. The number of piperidine rings is 1. The molecule has 5 heteroatoms. The van der Waals surface area contributed by atoms with Crippen LogP contribution in [0.3, 0.4) is 0 Å². The van der Waals surface area contributed by atoms with Crippen LogP contribution in [0.15, 0.2) is 48.2 Å². The van der Waals surface area contributed by atoms with Crippen molar-refractivity contribution in [3.8, 4) is 5.75 Å². The van der Waals surface area contributed by atoms with E-state index in [0.717, 1.165) is 31.9 Å².